The van der Waals surface area contributed by atoms with Gasteiger partial charge in [-0.1, -0.05) is 13.8 Å². The minimum Gasteiger partial charge on any atom is -0.496 e. The minimum absolute atomic E-state index is 0.0570. The molecule has 2 N–H and O–H groups in total. The van der Waals surface area contributed by atoms with Gasteiger partial charge in [0.25, 0.3) is 0 Å². The lowest BCUT2D eigenvalue weighted by atomic mass is 10.0. The molecule has 1 unspecified atom stereocenters. The van der Waals surface area contributed by atoms with Crippen LogP contribution in [-0.4, -0.2) is 39.1 Å². The number of methoxy groups -OCH3 is 3. The zero-order valence-corrected chi connectivity index (χ0v) is 13.6. The Kier molecular flexibility index (Phi) is 7.32. The average molecular weight is 297 g/mol. The molecule has 0 spiro atoms. The average Bonchev–Trinajstić information content (AvgIpc) is 2.49. The van der Waals surface area contributed by atoms with Crippen LogP contribution in [0.1, 0.15) is 25.8 Å². The third-order valence-corrected chi connectivity index (χ3v) is 3.36. The van der Waals surface area contributed by atoms with Crippen molar-refractivity contribution in [1.82, 2.24) is 5.32 Å². The van der Waals surface area contributed by atoms with E-state index in [9.17, 15) is 5.11 Å². The highest BCUT2D eigenvalue weighted by molar-refractivity contribution is 5.50. The summed E-state index contributed by atoms with van der Waals surface area (Å²) >= 11 is 0. The lowest BCUT2D eigenvalue weighted by Crippen LogP contribution is -2.33. The molecule has 1 atom stereocenters. The highest BCUT2D eigenvalue weighted by Crippen LogP contribution is 2.34. The van der Waals surface area contributed by atoms with Gasteiger partial charge in [-0.15, -0.1) is 0 Å². The van der Waals surface area contributed by atoms with Gasteiger partial charge < -0.3 is 24.6 Å². The van der Waals surface area contributed by atoms with Gasteiger partial charge >= 0.3 is 0 Å². The SMILES string of the molecule is COc1cc(OC)c(CNC(CO)CC(C)C)c(OC)c1. The third kappa shape index (κ3) is 5.10. The molecule has 0 bridgehead atoms. The Morgan fingerprint density at radius 1 is 1.05 bits per heavy atom. The topological polar surface area (TPSA) is 60.0 Å². The predicted octanol–water partition coefficient (Wildman–Crippen LogP) is 2.21. The molecular formula is C16H27NO4. The minimum atomic E-state index is 0.0570. The molecule has 5 nitrogen and oxygen atoms in total. The van der Waals surface area contributed by atoms with Crippen molar-refractivity contribution in [2.45, 2.75) is 32.9 Å². The van der Waals surface area contributed by atoms with Crippen LogP contribution in [0.2, 0.25) is 0 Å². The Hall–Kier alpha value is -1.46. The summed E-state index contributed by atoms with van der Waals surface area (Å²) in [5.74, 6) is 2.63. The first-order valence-electron chi connectivity index (χ1n) is 7.18. The smallest absolute Gasteiger partial charge is 0.130 e. The Balaban J connectivity index is 2.90. The molecule has 0 aliphatic carbocycles. The molecule has 0 saturated heterocycles. The summed E-state index contributed by atoms with van der Waals surface area (Å²) in [5, 5.41) is 12.8. The van der Waals surface area contributed by atoms with E-state index in [1.54, 1.807) is 21.3 Å². The zero-order valence-electron chi connectivity index (χ0n) is 13.6. The zero-order chi connectivity index (χ0) is 15.8. The van der Waals surface area contributed by atoms with Crippen LogP contribution in [0.3, 0.4) is 0 Å². The normalized spacial score (nSPS) is 12.3. The maximum atomic E-state index is 9.44. The maximum absolute atomic E-state index is 9.44. The molecule has 0 radical (unpaired) electrons. The fraction of sp³-hybridized carbons (Fsp3) is 0.625. The largest absolute Gasteiger partial charge is 0.496 e. The molecule has 0 aromatic heterocycles. The molecule has 1 aromatic rings. The van der Waals surface area contributed by atoms with Crippen molar-refractivity contribution in [1.29, 1.82) is 0 Å². The number of nitrogens with one attached hydrogen (secondary N) is 1. The summed E-state index contributed by atoms with van der Waals surface area (Å²) in [6.45, 7) is 4.95. The molecule has 0 fully saturated rings. The molecule has 1 aromatic carbocycles. The van der Waals surface area contributed by atoms with Crippen molar-refractivity contribution in [3.8, 4) is 17.2 Å². The first kappa shape index (κ1) is 17.6. The number of rotatable bonds is 9. The number of aliphatic hydroxyl groups excluding tert-OH is 1. The Morgan fingerprint density at radius 3 is 2.00 bits per heavy atom. The van der Waals surface area contributed by atoms with Gasteiger partial charge in [0.2, 0.25) is 0 Å². The molecule has 0 aliphatic heterocycles. The standard InChI is InChI=1S/C16H27NO4/c1-11(2)6-12(10-18)17-9-14-15(20-4)7-13(19-3)8-16(14)21-5/h7-8,11-12,17-18H,6,9-10H2,1-5H3. The van der Waals surface area contributed by atoms with E-state index < -0.39 is 0 Å². The molecule has 0 amide bonds. The van der Waals surface area contributed by atoms with Crippen LogP contribution in [0.4, 0.5) is 0 Å². The lowest BCUT2D eigenvalue weighted by Gasteiger charge is -2.21. The van der Waals surface area contributed by atoms with E-state index in [1.807, 2.05) is 12.1 Å². The van der Waals surface area contributed by atoms with E-state index in [0.29, 0.717) is 29.7 Å². The van der Waals surface area contributed by atoms with Crippen molar-refractivity contribution in [3.05, 3.63) is 17.7 Å². The van der Waals surface area contributed by atoms with E-state index in [2.05, 4.69) is 19.2 Å². The van der Waals surface area contributed by atoms with Crippen molar-refractivity contribution >= 4 is 0 Å². The Morgan fingerprint density at radius 2 is 1.62 bits per heavy atom. The van der Waals surface area contributed by atoms with Gasteiger partial charge in [0.1, 0.15) is 17.2 Å². The number of ether oxygens (including phenoxy) is 3. The van der Waals surface area contributed by atoms with E-state index in [0.717, 1.165) is 12.0 Å². The van der Waals surface area contributed by atoms with E-state index in [-0.39, 0.29) is 12.6 Å². The van der Waals surface area contributed by atoms with E-state index in [4.69, 9.17) is 14.2 Å². The van der Waals surface area contributed by atoms with Gasteiger partial charge in [-0.3, -0.25) is 0 Å². The highest BCUT2D eigenvalue weighted by Gasteiger charge is 2.15. The van der Waals surface area contributed by atoms with Crippen LogP contribution in [0, 0.1) is 5.92 Å². The summed E-state index contributed by atoms with van der Waals surface area (Å²) < 4.78 is 16.1. The van der Waals surface area contributed by atoms with Crippen LogP contribution < -0.4 is 19.5 Å². The molecule has 0 heterocycles. The van der Waals surface area contributed by atoms with Gasteiger partial charge in [0, 0.05) is 24.7 Å². The fourth-order valence-corrected chi connectivity index (χ4v) is 2.29. The molecule has 5 heteroatoms. The van der Waals surface area contributed by atoms with Crippen molar-refractivity contribution < 1.29 is 19.3 Å². The fourth-order valence-electron chi connectivity index (χ4n) is 2.29. The quantitative estimate of drug-likeness (QED) is 0.732. The Bertz CT molecular complexity index is 409. The summed E-state index contributed by atoms with van der Waals surface area (Å²) in [6, 6.07) is 3.72. The maximum Gasteiger partial charge on any atom is 0.130 e. The van der Waals surface area contributed by atoms with E-state index >= 15 is 0 Å². The van der Waals surface area contributed by atoms with Gasteiger partial charge in [-0.05, 0) is 12.3 Å². The number of hydrogen-bond acceptors (Lipinski definition) is 5. The monoisotopic (exact) mass is 297 g/mol. The van der Waals surface area contributed by atoms with Crippen LogP contribution in [0.25, 0.3) is 0 Å². The van der Waals surface area contributed by atoms with Gasteiger partial charge in [-0.2, -0.15) is 0 Å². The molecule has 0 aliphatic rings. The second-order valence-corrected chi connectivity index (χ2v) is 5.40. The van der Waals surface area contributed by atoms with Gasteiger partial charge in [-0.25, -0.2) is 0 Å². The van der Waals surface area contributed by atoms with Crippen LogP contribution in [0.15, 0.2) is 12.1 Å². The number of benzene rings is 1. The highest BCUT2D eigenvalue weighted by atomic mass is 16.5. The van der Waals surface area contributed by atoms with Crippen molar-refractivity contribution in [2.24, 2.45) is 5.92 Å². The second-order valence-electron chi connectivity index (χ2n) is 5.40. The second kappa shape index (κ2) is 8.74. The van der Waals surface area contributed by atoms with Gasteiger partial charge in [0.15, 0.2) is 0 Å². The molecular weight excluding hydrogens is 270 g/mol. The summed E-state index contributed by atoms with van der Waals surface area (Å²) in [7, 11) is 4.85. The Labute approximate surface area is 127 Å². The van der Waals surface area contributed by atoms with Crippen molar-refractivity contribution in [2.75, 3.05) is 27.9 Å². The first-order valence-corrected chi connectivity index (χ1v) is 7.18. The van der Waals surface area contributed by atoms with Crippen LogP contribution in [0.5, 0.6) is 17.2 Å². The molecule has 1 rings (SSSR count). The van der Waals surface area contributed by atoms with E-state index in [1.165, 1.54) is 0 Å². The van der Waals surface area contributed by atoms with Crippen LogP contribution >= 0.6 is 0 Å². The molecule has 21 heavy (non-hydrogen) atoms. The molecule has 120 valence electrons. The predicted molar refractivity (Wildman–Crippen MR) is 83.3 cm³/mol. The first-order chi connectivity index (χ1) is 10.0. The number of aliphatic hydroxyl groups is 1. The number of hydrogen-bond donors (Lipinski definition) is 2. The summed E-state index contributed by atoms with van der Waals surface area (Å²) in [4.78, 5) is 0. The third-order valence-electron chi connectivity index (χ3n) is 3.36. The summed E-state index contributed by atoms with van der Waals surface area (Å²) in [6.07, 6.45) is 0.914. The molecule has 0 saturated carbocycles. The van der Waals surface area contributed by atoms with Crippen molar-refractivity contribution in [3.63, 3.8) is 0 Å². The van der Waals surface area contributed by atoms with Crippen LogP contribution in [-0.2, 0) is 6.54 Å². The summed E-state index contributed by atoms with van der Waals surface area (Å²) in [5.41, 5.74) is 0.919. The lowest BCUT2D eigenvalue weighted by molar-refractivity contribution is 0.222. The van der Waals surface area contributed by atoms with Gasteiger partial charge in [0.05, 0.1) is 33.5 Å².